The zero-order valence-corrected chi connectivity index (χ0v) is 11.6. The molecule has 0 saturated carbocycles. The first-order valence-electron chi connectivity index (χ1n) is 4.92. The Balaban J connectivity index is 2.69. The molecule has 0 aliphatic heterocycles. The standard InChI is InChI=1S/C8H13ClN2O4S2/c1-2-4-16(12,13)5-3-11-7-8(6-10-11)17(9,14)15/h6-7H,2-5H2,1H3. The highest BCUT2D eigenvalue weighted by Gasteiger charge is 2.14. The fourth-order valence-corrected chi connectivity index (χ4v) is 3.19. The van der Waals surface area contributed by atoms with Crippen LogP contribution in [0.5, 0.6) is 0 Å². The minimum absolute atomic E-state index is 0.0652. The number of sulfone groups is 1. The normalized spacial score (nSPS) is 12.8. The minimum atomic E-state index is -3.81. The Labute approximate surface area is 105 Å². The van der Waals surface area contributed by atoms with Gasteiger partial charge in [0, 0.05) is 22.6 Å². The van der Waals surface area contributed by atoms with Crippen molar-refractivity contribution in [2.75, 3.05) is 11.5 Å². The van der Waals surface area contributed by atoms with Crippen molar-refractivity contribution in [3.63, 3.8) is 0 Å². The summed E-state index contributed by atoms with van der Waals surface area (Å²) in [5, 5.41) is 3.73. The third kappa shape index (κ3) is 4.64. The maximum absolute atomic E-state index is 11.4. The molecule has 0 aliphatic carbocycles. The molecule has 0 N–H and O–H groups in total. The molecule has 0 radical (unpaired) electrons. The Bertz CT molecular complexity index is 576. The van der Waals surface area contributed by atoms with E-state index in [1.54, 1.807) is 6.92 Å². The molecule has 0 atom stereocenters. The van der Waals surface area contributed by atoms with Crippen molar-refractivity contribution >= 4 is 29.6 Å². The molecule has 0 unspecified atom stereocenters. The average molecular weight is 301 g/mol. The summed E-state index contributed by atoms with van der Waals surface area (Å²) in [6, 6.07) is 0. The van der Waals surface area contributed by atoms with Gasteiger partial charge in [0.2, 0.25) is 0 Å². The van der Waals surface area contributed by atoms with Crippen LogP contribution in [-0.4, -0.2) is 38.1 Å². The largest absolute Gasteiger partial charge is 0.270 e. The highest BCUT2D eigenvalue weighted by atomic mass is 35.7. The van der Waals surface area contributed by atoms with E-state index in [-0.39, 0.29) is 22.9 Å². The second-order valence-corrected chi connectivity index (χ2v) is 8.40. The maximum atomic E-state index is 11.4. The molecule has 0 spiro atoms. The summed E-state index contributed by atoms with van der Waals surface area (Å²) in [5.74, 6) is 0.0548. The number of hydrogen-bond acceptors (Lipinski definition) is 5. The molecule has 6 nitrogen and oxygen atoms in total. The molecule has 1 aromatic rings. The number of halogens is 1. The highest BCUT2D eigenvalue weighted by molar-refractivity contribution is 8.13. The van der Waals surface area contributed by atoms with Gasteiger partial charge in [0.15, 0.2) is 9.84 Å². The zero-order chi connectivity index (χ0) is 13.1. The van der Waals surface area contributed by atoms with E-state index in [1.165, 1.54) is 10.9 Å². The fraction of sp³-hybridized carbons (Fsp3) is 0.625. The molecule has 98 valence electrons. The third-order valence-electron chi connectivity index (χ3n) is 2.04. The van der Waals surface area contributed by atoms with Crippen LogP contribution in [0.3, 0.4) is 0 Å². The summed E-state index contributed by atoms with van der Waals surface area (Å²) >= 11 is 0. The van der Waals surface area contributed by atoms with Crippen LogP contribution < -0.4 is 0 Å². The molecule has 9 heteroatoms. The van der Waals surface area contributed by atoms with E-state index in [0.717, 1.165) is 6.20 Å². The van der Waals surface area contributed by atoms with E-state index in [0.29, 0.717) is 6.42 Å². The molecule has 1 aromatic heterocycles. The van der Waals surface area contributed by atoms with E-state index in [4.69, 9.17) is 10.7 Å². The monoisotopic (exact) mass is 300 g/mol. The van der Waals surface area contributed by atoms with Crippen LogP contribution in [0.15, 0.2) is 17.3 Å². The molecule has 0 saturated heterocycles. The van der Waals surface area contributed by atoms with Crippen LogP contribution in [0.4, 0.5) is 0 Å². The Morgan fingerprint density at radius 1 is 1.29 bits per heavy atom. The lowest BCUT2D eigenvalue weighted by Crippen LogP contribution is -2.15. The van der Waals surface area contributed by atoms with Gasteiger partial charge in [0.1, 0.15) is 4.90 Å². The van der Waals surface area contributed by atoms with E-state index < -0.39 is 18.9 Å². The minimum Gasteiger partial charge on any atom is -0.270 e. The molecular formula is C8H13ClN2O4S2. The summed E-state index contributed by atoms with van der Waals surface area (Å²) in [6.45, 7) is 1.90. The Kier molecular flexibility index (Phi) is 4.56. The van der Waals surface area contributed by atoms with E-state index >= 15 is 0 Å². The van der Waals surface area contributed by atoms with E-state index in [9.17, 15) is 16.8 Å². The van der Waals surface area contributed by atoms with Crippen LogP contribution in [-0.2, 0) is 25.4 Å². The maximum Gasteiger partial charge on any atom is 0.264 e. The van der Waals surface area contributed by atoms with Crippen molar-refractivity contribution in [2.45, 2.75) is 24.8 Å². The van der Waals surface area contributed by atoms with Gasteiger partial charge in [-0.05, 0) is 6.42 Å². The second-order valence-electron chi connectivity index (χ2n) is 3.53. The van der Waals surface area contributed by atoms with Crippen molar-refractivity contribution in [1.29, 1.82) is 0 Å². The average Bonchev–Trinajstić information content (AvgIpc) is 2.62. The topological polar surface area (TPSA) is 86.1 Å². The molecule has 0 aromatic carbocycles. The van der Waals surface area contributed by atoms with Gasteiger partial charge in [-0.25, -0.2) is 16.8 Å². The predicted molar refractivity (Wildman–Crippen MR) is 64.2 cm³/mol. The van der Waals surface area contributed by atoms with Crippen molar-refractivity contribution < 1.29 is 16.8 Å². The molecule has 0 amide bonds. The van der Waals surface area contributed by atoms with Crippen molar-refractivity contribution in [3.8, 4) is 0 Å². The lowest BCUT2D eigenvalue weighted by atomic mass is 10.6. The first kappa shape index (κ1) is 14.5. The smallest absolute Gasteiger partial charge is 0.264 e. The van der Waals surface area contributed by atoms with Crippen molar-refractivity contribution in [2.24, 2.45) is 0 Å². The number of nitrogens with zero attached hydrogens (tertiary/aromatic N) is 2. The molecule has 0 aliphatic rings. The Morgan fingerprint density at radius 3 is 2.41 bits per heavy atom. The second kappa shape index (κ2) is 5.36. The van der Waals surface area contributed by atoms with Gasteiger partial charge < -0.3 is 0 Å². The quantitative estimate of drug-likeness (QED) is 0.719. The number of aromatic nitrogens is 2. The third-order valence-corrected chi connectivity index (χ3v) is 5.18. The van der Waals surface area contributed by atoms with Gasteiger partial charge in [-0.2, -0.15) is 5.10 Å². The first-order chi connectivity index (χ1) is 7.74. The van der Waals surface area contributed by atoms with Crippen LogP contribution in [0, 0.1) is 0 Å². The molecule has 1 heterocycles. The molecule has 0 bridgehead atoms. The van der Waals surface area contributed by atoms with Gasteiger partial charge in [-0.15, -0.1) is 0 Å². The lowest BCUT2D eigenvalue weighted by Gasteiger charge is -2.02. The SMILES string of the molecule is CCCS(=O)(=O)CCn1cc(S(=O)(=O)Cl)cn1. The predicted octanol–water partition coefficient (Wildman–Crippen LogP) is 0.635. The number of rotatable bonds is 6. The molecular weight excluding hydrogens is 288 g/mol. The van der Waals surface area contributed by atoms with Crippen LogP contribution >= 0.6 is 10.7 Å². The van der Waals surface area contributed by atoms with E-state index in [2.05, 4.69) is 5.10 Å². The summed E-state index contributed by atoms with van der Waals surface area (Å²) < 4.78 is 46.0. The van der Waals surface area contributed by atoms with Gasteiger partial charge in [0.25, 0.3) is 9.05 Å². The number of hydrogen-bond donors (Lipinski definition) is 0. The lowest BCUT2D eigenvalue weighted by molar-refractivity contribution is 0.579. The molecule has 0 fully saturated rings. The molecule has 17 heavy (non-hydrogen) atoms. The zero-order valence-electron chi connectivity index (χ0n) is 9.21. The molecule has 1 rings (SSSR count). The summed E-state index contributed by atoms with van der Waals surface area (Å²) in [4.78, 5) is -0.132. The highest BCUT2D eigenvalue weighted by Crippen LogP contribution is 2.12. The van der Waals surface area contributed by atoms with Gasteiger partial charge in [-0.1, -0.05) is 6.92 Å². The van der Waals surface area contributed by atoms with Crippen molar-refractivity contribution in [1.82, 2.24) is 9.78 Å². The van der Waals surface area contributed by atoms with Gasteiger partial charge >= 0.3 is 0 Å². The first-order valence-corrected chi connectivity index (χ1v) is 9.05. The van der Waals surface area contributed by atoms with Crippen LogP contribution in [0.1, 0.15) is 13.3 Å². The van der Waals surface area contributed by atoms with Crippen molar-refractivity contribution in [3.05, 3.63) is 12.4 Å². The summed E-state index contributed by atoms with van der Waals surface area (Å²) in [7, 11) is -1.79. The Morgan fingerprint density at radius 2 is 1.94 bits per heavy atom. The van der Waals surface area contributed by atoms with Gasteiger partial charge in [-0.3, -0.25) is 4.68 Å². The fourth-order valence-electron chi connectivity index (χ4n) is 1.24. The van der Waals surface area contributed by atoms with Crippen LogP contribution in [0.2, 0.25) is 0 Å². The summed E-state index contributed by atoms with van der Waals surface area (Å²) in [5.41, 5.74) is 0. The van der Waals surface area contributed by atoms with E-state index in [1.807, 2.05) is 0 Å². The summed E-state index contributed by atoms with van der Waals surface area (Å²) in [6.07, 6.45) is 2.86. The number of aryl methyl sites for hydroxylation is 1. The van der Waals surface area contributed by atoms with Crippen LogP contribution in [0.25, 0.3) is 0 Å². The van der Waals surface area contributed by atoms with Gasteiger partial charge in [0.05, 0.1) is 18.5 Å². The Hall–Kier alpha value is -0.600.